The maximum Gasteiger partial charge on any atom is 0.357 e. The zero-order valence-corrected chi connectivity index (χ0v) is 39.9. The van der Waals surface area contributed by atoms with Crippen molar-refractivity contribution >= 4 is 132 Å². The number of carbonyl (C=O) groups excluding carboxylic acids is 2. The zero-order chi connectivity index (χ0) is 40.8. The molecule has 0 bridgehead atoms. The van der Waals surface area contributed by atoms with Crippen LogP contribution in [-0.2, 0) is 33.3 Å². The summed E-state index contributed by atoms with van der Waals surface area (Å²) in [4.78, 5) is 25.7. The van der Waals surface area contributed by atoms with Gasteiger partial charge in [-0.3, -0.25) is 9.59 Å². The zero-order valence-electron chi connectivity index (χ0n) is 31.1. The Morgan fingerprint density at radius 2 is 1.20 bits per heavy atom. The molecule has 300 valence electrons. The summed E-state index contributed by atoms with van der Waals surface area (Å²) in [6.45, 7) is 9.16. The Morgan fingerprint density at radius 3 is 1.64 bits per heavy atom. The third-order valence-electron chi connectivity index (χ3n) is 9.72. The van der Waals surface area contributed by atoms with Crippen LogP contribution in [0, 0.1) is 13.8 Å². The molecule has 6 rings (SSSR count). The van der Waals surface area contributed by atoms with E-state index in [2.05, 4.69) is 105 Å². The minimum Gasteiger partial charge on any atom is -0.509 e. The first-order chi connectivity index (χ1) is 26.0. The molecule has 0 aromatic heterocycles. The lowest BCUT2D eigenvalue weighted by molar-refractivity contribution is -0.118. The van der Waals surface area contributed by atoms with Crippen molar-refractivity contribution in [1.82, 2.24) is 10.6 Å². The third-order valence-corrected chi connectivity index (χ3v) is 12.8. The predicted molar refractivity (Wildman–Crippen MR) is 236 cm³/mol. The van der Waals surface area contributed by atoms with Crippen LogP contribution in [-0.4, -0.2) is 77.4 Å². The van der Waals surface area contributed by atoms with Crippen LogP contribution >= 0.6 is 99.8 Å². The number of carbonyl (C=O) groups is 2. The summed E-state index contributed by atoms with van der Waals surface area (Å²) in [7, 11) is 2.88. The predicted octanol–water partition coefficient (Wildman–Crippen LogP) is 10.0. The van der Waals surface area contributed by atoms with Crippen molar-refractivity contribution in [2.24, 2.45) is 0 Å². The Morgan fingerprint density at radius 1 is 0.800 bits per heavy atom. The van der Waals surface area contributed by atoms with Crippen LogP contribution < -0.4 is 10.6 Å². The number of aliphatic hydroxyl groups is 1. The van der Waals surface area contributed by atoms with Crippen molar-refractivity contribution in [2.45, 2.75) is 89.5 Å². The number of thiocarbonyl (C=S) groups is 2. The maximum absolute atomic E-state index is 13.1. The van der Waals surface area contributed by atoms with E-state index >= 15 is 0 Å². The number of halogens is 5. The van der Waals surface area contributed by atoms with E-state index < -0.39 is 11.1 Å². The number of hydrogen-bond acceptors (Lipinski definition) is 10. The topological polar surface area (TPSA) is 125 Å². The quantitative estimate of drug-likeness (QED) is 0.197. The fraction of sp³-hybridized carbons (Fsp3) is 0.474. The van der Waals surface area contributed by atoms with E-state index in [-0.39, 0.29) is 39.5 Å². The number of methoxy groups -OCH3 is 2. The van der Waals surface area contributed by atoms with E-state index in [0.717, 1.165) is 47.4 Å². The number of aryl methyl sites for hydroxylation is 2. The fourth-order valence-electron chi connectivity index (χ4n) is 7.05. The fourth-order valence-corrected chi connectivity index (χ4v) is 10.8. The number of aliphatic hydroxyl groups excluding tert-OH is 1. The van der Waals surface area contributed by atoms with Crippen LogP contribution in [0.5, 0.6) is 0 Å². The standard InChI is InChI=1S/C19H21Br2NO4S.C17H19Br2NO3.C2H3ClOS/c1-4-11-9-19(5-6-25-11)16(26-18(27)24-3)15(17(23)22-19)14-12(20)7-10(2)8-13(14)21;1-3-10-8-17(4-5-23-10)15(21)14(16(22)20-17)13-11(18)6-9(2)7-12(13)19;1-4-2(3)5/h7-8,11H,4-6,9H2,1-3H3,(H,22,23);6-7,10,21H,3-5,8H2,1-2H3,(H,20,22);1H3. The number of rotatable bonds is 5. The van der Waals surface area contributed by atoms with Crippen molar-refractivity contribution in [3.05, 3.63) is 75.9 Å². The first-order valence-electron chi connectivity index (χ1n) is 17.4. The van der Waals surface area contributed by atoms with Gasteiger partial charge in [-0.15, -0.1) is 0 Å². The molecule has 4 aliphatic heterocycles. The average molecular weight is 1070 g/mol. The summed E-state index contributed by atoms with van der Waals surface area (Å²) in [6.07, 6.45) is 4.24. The second-order valence-electron chi connectivity index (χ2n) is 13.4. The van der Waals surface area contributed by atoms with E-state index in [0.29, 0.717) is 61.4 Å². The normalized spacial score (nSPS) is 24.4. The number of hydrogen-bond donors (Lipinski definition) is 3. The molecule has 0 aliphatic carbocycles. The molecular weight excluding hydrogens is 1030 g/mol. The Hall–Kier alpha value is -1.63. The van der Waals surface area contributed by atoms with Gasteiger partial charge in [0.1, 0.15) is 22.6 Å². The first-order valence-corrected chi connectivity index (χ1v) is 21.8. The molecule has 4 unspecified atom stereocenters. The highest BCUT2D eigenvalue weighted by Crippen LogP contribution is 2.46. The molecule has 2 spiro atoms. The van der Waals surface area contributed by atoms with Crippen LogP contribution in [0.2, 0.25) is 0 Å². The highest BCUT2D eigenvalue weighted by Gasteiger charge is 2.52. The molecule has 3 N–H and O–H groups in total. The van der Waals surface area contributed by atoms with Gasteiger partial charge in [0, 0.05) is 80.1 Å². The summed E-state index contributed by atoms with van der Waals surface area (Å²) >= 11 is 28.6. The molecular formula is C38H43Br4ClN2O8S2. The van der Waals surface area contributed by atoms with E-state index in [1.807, 2.05) is 38.1 Å². The van der Waals surface area contributed by atoms with Gasteiger partial charge in [0.15, 0.2) is 0 Å². The largest absolute Gasteiger partial charge is 0.509 e. The number of ether oxygens (including phenoxy) is 5. The third kappa shape index (κ3) is 10.5. The molecule has 2 fully saturated rings. The molecule has 4 atom stereocenters. The molecule has 2 aromatic carbocycles. The van der Waals surface area contributed by atoms with Gasteiger partial charge in [-0.05, 0) is 85.9 Å². The molecule has 55 heavy (non-hydrogen) atoms. The smallest absolute Gasteiger partial charge is 0.357 e. The van der Waals surface area contributed by atoms with Crippen LogP contribution in [0.15, 0.2) is 53.7 Å². The van der Waals surface area contributed by atoms with E-state index in [4.69, 9.17) is 42.8 Å². The van der Waals surface area contributed by atoms with Crippen molar-refractivity contribution in [3.8, 4) is 0 Å². The van der Waals surface area contributed by atoms with Crippen molar-refractivity contribution in [1.29, 1.82) is 0 Å². The molecule has 2 saturated heterocycles. The SMILES string of the molecule is CCC1CC2(CCO1)NC(=O)C(c1c(Br)cc(C)cc1Br)=C2O.CCC1CC2(CCO1)NC(=O)C(c1c(Br)cc(C)cc1Br)=C2OC(=S)OC.COC(=S)Cl. The number of nitrogens with one attached hydrogen (secondary N) is 2. The Bertz CT molecular complexity index is 1870. The van der Waals surface area contributed by atoms with Gasteiger partial charge in [-0.2, -0.15) is 0 Å². The summed E-state index contributed by atoms with van der Waals surface area (Å²) < 4.78 is 30.0. The maximum atomic E-state index is 13.1. The number of amides is 2. The van der Waals surface area contributed by atoms with Crippen LogP contribution in [0.25, 0.3) is 11.1 Å². The highest BCUT2D eigenvalue weighted by molar-refractivity contribution is 9.11. The molecule has 10 nitrogen and oxygen atoms in total. The van der Waals surface area contributed by atoms with E-state index in [1.165, 1.54) is 14.2 Å². The van der Waals surface area contributed by atoms with Gasteiger partial charge in [-0.1, -0.05) is 77.6 Å². The second-order valence-corrected chi connectivity index (χ2v) is 18.1. The average Bonchev–Trinajstić information content (AvgIpc) is 3.50. The molecule has 4 aliphatic rings. The molecule has 2 amide bonds. The van der Waals surface area contributed by atoms with Gasteiger partial charge >= 0.3 is 5.24 Å². The minimum atomic E-state index is -0.699. The van der Waals surface area contributed by atoms with Crippen molar-refractivity contribution in [2.75, 3.05) is 27.4 Å². The van der Waals surface area contributed by atoms with Gasteiger partial charge in [0.05, 0.1) is 37.6 Å². The number of benzene rings is 2. The van der Waals surface area contributed by atoms with Crippen LogP contribution in [0.1, 0.15) is 74.6 Å². The van der Waals surface area contributed by atoms with Crippen LogP contribution in [0.3, 0.4) is 0 Å². The van der Waals surface area contributed by atoms with E-state index in [1.54, 1.807) is 0 Å². The summed E-state index contributed by atoms with van der Waals surface area (Å²) in [6, 6.07) is 7.82. The minimum absolute atomic E-state index is 0.0164. The Balaban J connectivity index is 0.000000220. The monoisotopic (exact) mass is 1070 g/mol. The molecule has 17 heteroatoms. The van der Waals surface area contributed by atoms with Gasteiger partial charge in [0.2, 0.25) is 0 Å². The summed E-state index contributed by atoms with van der Waals surface area (Å²) in [5.41, 5.74) is 3.03. The molecule has 2 aromatic rings. The van der Waals surface area contributed by atoms with Crippen LogP contribution in [0.4, 0.5) is 0 Å². The second kappa shape index (κ2) is 19.9. The van der Waals surface area contributed by atoms with Gasteiger partial charge in [0.25, 0.3) is 16.3 Å². The lowest BCUT2D eigenvalue weighted by Crippen LogP contribution is -2.51. The van der Waals surface area contributed by atoms with Crippen molar-refractivity contribution < 1.29 is 38.4 Å². The highest BCUT2D eigenvalue weighted by atomic mass is 79.9. The molecule has 0 saturated carbocycles. The Kier molecular flexibility index (Phi) is 16.7. The summed E-state index contributed by atoms with van der Waals surface area (Å²) in [5.74, 6) is 0.219. The summed E-state index contributed by atoms with van der Waals surface area (Å²) in [5, 5.41) is 17.1. The van der Waals surface area contributed by atoms with Gasteiger partial charge < -0.3 is 39.4 Å². The molecule has 4 heterocycles. The van der Waals surface area contributed by atoms with Crippen molar-refractivity contribution in [3.63, 3.8) is 0 Å². The lowest BCUT2D eigenvalue weighted by atomic mass is 9.84. The molecule has 0 radical (unpaired) electrons. The Labute approximate surface area is 371 Å². The lowest BCUT2D eigenvalue weighted by Gasteiger charge is -2.38. The van der Waals surface area contributed by atoms with E-state index in [9.17, 15) is 14.7 Å². The van der Waals surface area contributed by atoms with Gasteiger partial charge in [-0.25, -0.2) is 0 Å². The first kappa shape index (κ1) is 46.1.